The summed E-state index contributed by atoms with van der Waals surface area (Å²) >= 11 is 0. The summed E-state index contributed by atoms with van der Waals surface area (Å²) in [5.74, 6) is -0.420. The van der Waals surface area contributed by atoms with Crippen molar-refractivity contribution < 1.29 is 19.1 Å². The van der Waals surface area contributed by atoms with Gasteiger partial charge in [-0.15, -0.1) is 0 Å². The van der Waals surface area contributed by atoms with E-state index in [0.29, 0.717) is 5.69 Å². The number of esters is 1. The second-order valence-electron chi connectivity index (χ2n) is 4.19. The standard InChI is InChI=1S/C14H15N3O4/c1-20-13(18)9-17-8-12(7-15-17)16-14(19)21-10-11-5-3-2-4-6-11/h2-8H,9-10H2,1H3,(H,16,19). The Morgan fingerprint density at radius 2 is 2.05 bits per heavy atom. The van der Waals surface area contributed by atoms with Crippen molar-refractivity contribution in [1.82, 2.24) is 9.78 Å². The van der Waals surface area contributed by atoms with E-state index in [-0.39, 0.29) is 13.2 Å². The second kappa shape index (κ2) is 7.09. The molecular weight excluding hydrogens is 274 g/mol. The molecule has 1 N–H and O–H groups in total. The number of anilines is 1. The Balaban J connectivity index is 1.81. The number of hydrogen-bond donors (Lipinski definition) is 1. The summed E-state index contributed by atoms with van der Waals surface area (Å²) in [6, 6.07) is 9.35. The topological polar surface area (TPSA) is 82.5 Å². The molecule has 0 atom stereocenters. The quantitative estimate of drug-likeness (QED) is 0.849. The van der Waals surface area contributed by atoms with Crippen LogP contribution in [0, 0.1) is 0 Å². The number of carbonyl (C=O) groups is 2. The lowest BCUT2D eigenvalue weighted by molar-refractivity contribution is -0.141. The highest BCUT2D eigenvalue weighted by atomic mass is 16.5. The number of carbonyl (C=O) groups excluding carboxylic acids is 2. The molecule has 110 valence electrons. The van der Waals surface area contributed by atoms with Gasteiger partial charge in [-0.25, -0.2) is 4.79 Å². The van der Waals surface area contributed by atoms with Gasteiger partial charge in [0.05, 0.1) is 19.0 Å². The molecule has 1 aromatic carbocycles. The van der Waals surface area contributed by atoms with Crippen LogP contribution in [0.5, 0.6) is 0 Å². The highest BCUT2D eigenvalue weighted by Crippen LogP contribution is 2.07. The van der Waals surface area contributed by atoms with Crippen LogP contribution >= 0.6 is 0 Å². The van der Waals surface area contributed by atoms with E-state index >= 15 is 0 Å². The van der Waals surface area contributed by atoms with Gasteiger partial charge in [0.25, 0.3) is 0 Å². The molecule has 1 amide bonds. The molecule has 7 nitrogen and oxygen atoms in total. The van der Waals surface area contributed by atoms with Crippen molar-refractivity contribution in [3.8, 4) is 0 Å². The lowest BCUT2D eigenvalue weighted by Gasteiger charge is -2.05. The molecule has 7 heteroatoms. The predicted octanol–water partition coefficient (Wildman–Crippen LogP) is 1.80. The van der Waals surface area contributed by atoms with Crippen molar-refractivity contribution >= 4 is 17.7 Å². The van der Waals surface area contributed by atoms with E-state index in [1.165, 1.54) is 24.2 Å². The first-order valence-electron chi connectivity index (χ1n) is 6.24. The summed E-state index contributed by atoms with van der Waals surface area (Å²) < 4.78 is 10.9. The SMILES string of the molecule is COC(=O)Cn1cc(NC(=O)OCc2ccccc2)cn1. The molecule has 0 saturated heterocycles. The number of nitrogens with zero attached hydrogens (tertiary/aromatic N) is 2. The number of ether oxygens (including phenoxy) is 2. The van der Waals surface area contributed by atoms with E-state index in [0.717, 1.165) is 5.56 Å². The van der Waals surface area contributed by atoms with Gasteiger partial charge in [-0.05, 0) is 5.56 Å². The van der Waals surface area contributed by atoms with Gasteiger partial charge < -0.3 is 9.47 Å². The lowest BCUT2D eigenvalue weighted by Crippen LogP contribution is -2.13. The lowest BCUT2D eigenvalue weighted by atomic mass is 10.2. The number of hydrogen-bond acceptors (Lipinski definition) is 5. The Hall–Kier alpha value is -2.83. The second-order valence-corrected chi connectivity index (χ2v) is 4.19. The summed E-state index contributed by atoms with van der Waals surface area (Å²) in [7, 11) is 1.30. The van der Waals surface area contributed by atoms with E-state index in [1.54, 1.807) is 0 Å². The summed E-state index contributed by atoms with van der Waals surface area (Å²) in [4.78, 5) is 22.7. The molecule has 0 aliphatic carbocycles. The minimum Gasteiger partial charge on any atom is -0.468 e. The van der Waals surface area contributed by atoms with Crippen LogP contribution in [-0.4, -0.2) is 29.0 Å². The van der Waals surface area contributed by atoms with Gasteiger partial charge in [-0.1, -0.05) is 30.3 Å². The molecule has 1 aromatic heterocycles. The van der Waals surface area contributed by atoms with Crippen molar-refractivity contribution in [2.75, 3.05) is 12.4 Å². The Bertz CT molecular complexity index is 610. The van der Waals surface area contributed by atoms with Gasteiger partial charge >= 0.3 is 12.1 Å². The van der Waals surface area contributed by atoms with Crippen LogP contribution in [0.1, 0.15) is 5.56 Å². The number of benzene rings is 1. The van der Waals surface area contributed by atoms with Crippen LogP contribution in [0.4, 0.5) is 10.5 Å². The Morgan fingerprint density at radius 1 is 1.29 bits per heavy atom. The maximum atomic E-state index is 11.6. The monoisotopic (exact) mass is 289 g/mol. The molecule has 0 aliphatic heterocycles. The predicted molar refractivity (Wildman–Crippen MR) is 74.5 cm³/mol. The van der Waals surface area contributed by atoms with Gasteiger partial charge in [0.1, 0.15) is 13.2 Å². The van der Waals surface area contributed by atoms with Crippen LogP contribution in [0.15, 0.2) is 42.7 Å². The molecule has 1 heterocycles. The van der Waals surface area contributed by atoms with Gasteiger partial charge in [0, 0.05) is 6.20 Å². The number of amides is 1. The van der Waals surface area contributed by atoms with Gasteiger partial charge in [-0.3, -0.25) is 14.8 Å². The molecule has 0 unspecified atom stereocenters. The fraction of sp³-hybridized carbons (Fsp3) is 0.214. The highest BCUT2D eigenvalue weighted by molar-refractivity contribution is 5.84. The Labute approximate surface area is 121 Å². The third-order valence-electron chi connectivity index (χ3n) is 2.61. The molecule has 2 rings (SSSR count). The van der Waals surface area contributed by atoms with Gasteiger partial charge in [-0.2, -0.15) is 5.10 Å². The zero-order chi connectivity index (χ0) is 15.1. The summed E-state index contributed by atoms with van der Waals surface area (Å²) in [5, 5.41) is 6.45. The molecular formula is C14H15N3O4. The van der Waals surface area contributed by atoms with Crippen molar-refractivity contribution in [2.24, 2.45) is 0 Å². The van der Waals surface area contributed by atoms with E-state index in [9.17, 15) is 9.59 Å². The van der Waals surface area contributed by atoms with Crippen LogP contribution < -0.4 is 5.32 Å². The van der Waals surface area contributed by atoms with E-state index in [2.05, 4.69) is 15.2 Å². The molecule has 0 bridgehead atoms. The minimum atomic E-state index is -0.587. The van der Waals surface area contributed by atoms with E-state index in [1.807, 2.05) is 30.3 Å². The normalized spacial score (nSPS) is 9.95. The highest BCUT2D eigenvalue weighted by Gasteiger charge is 2.08. The Kier molecular flexibility index (Phi) is 4.92. The largest absolute Gasteiger partial charge is 0.468 e. The zero-order valence-corrected chi connectivity index (χ0v) is 11.5. The molecule has 2 aromatic rings. The maximum Gasteiger partial charge on any atom is 0.412 e. The van der Waals surface area contributed by atoms with Crippen molar-refractivity contribution in [1.29, 1.82) is 0 Å². The molecule has 0 fully saturated rings. The van der Waals surface area contributed by atoms with Crippen molar-refractivity contribution in [3.05, 3.63) is 48.3 Å². The third kappa shape index (κ3) is 4.64. The first-order chi connectivity index (χ1) is 10.2. The number of methoxy groups -OCH3 is 1. The number of rotatable bonds is 5. The first kappa shape index (κ1) is 14.6. The number of nitrogens with one attached hydrogen (secondary N) is 1. The fourth-order valence-electron chi connectivity index (χ4n) is 1.59. The van der Waals surface area contributed by atoms with Crippen LogP contribution in [0.2, 0.25) is 0 Å². The van der Waals surface area contributed by atoms with Crippen LogP contribution in [-0.2, 0) is 27.4 Å². The maximum absolute atomic E-state index is 11.6. The summed E-state index contributed by atoms with van der Waals surface area (Å²) in [6.45, 7) is 0.167. The first-order valence-corrected chi connectivity index (χ1v) is 6.24. The molecule has 0 aliphatic rings. The summed E-state index contributed by atoms with van der Waals surface area (Å²) in [6.07, 6.45) is 2.35. The molecule has 0 saturated carbocycles. The van der Waals surface area contributed by atoms with Crippen molar-refractivity contribution in [3.63, 3.8) is 0 Å². The molecule has 0 radical (unpaired) electrons. The average molecular weight is 289 g/mol. The zero-order valence-electron chi connectivity index (χ0n) is 11.5. The van der Waals surface area contributed by atoms with E-state index < -0.39 is 12.1 Å². The molecule has 0 spiro atoms. The van der Waals surface area contributed by atoms with Crippen molar-refractivity contribution in [2.45, 2.75) is 13.2 Å². The smallest absolute Gasteiger partial charge is 0.412 e. The molecule has 21 heavy (non-hydrogen) atoms. The van der Waals surface area contributed by atoms with Crippen LogP contribution in [0.3, 0.4) is 0 Å². The third-order valence-corrected chi connectivity index (χ3v) is 2.61. The average Bonchev–Trinajstić information content (AvgIpc) is 2.93. The number of aromatic nitrogens is 2. The minimum absolute atomic E-state index is 0.0166. The van der Waals surface area contributed by atoms with Gasteiger partial charge in [0.2, 0.25) is 0 Å². The van der Waals surface area contributed by atoms with Gasteiger partial charge in [0.15, 0.2) is 0 Å². The fourth-order valence-corrected chi connectivity index (χ4v) is 1.59. The Morgan fingerprint density at radius 3 is 2.76 bits per heavy atom. The van der Waals surface area contributed by atoms with Crippen LogP contribution in [0.25, 0.3) is 0 Å². The van der Waals surface area contributed by atoms with E-state index in [4.69, 9.17) is 4.74 Å². The summed E-state index contributed by atoms with van der Waals surface area (Å²) in [5.41, 5.74) is 1.34.